The molecule has 2 unspecified atom stereocenters. The first-order valence-corrected chi connectivity index (χ1v) is 11.6. The van der Waals surface area contributed by atoms with Crippen molar-refractivity contribution in [2.75, 3.05) is 6.54 Å². The Kier molecular flexibility index (Phi) is 7.32. The van der Waals surface area contributed by atoms with Crippen molar-refractivity contribution in [1.82, 2.24) is 9.79 Å². The molecule has 2 aromatic carbocycles. The van der Waals surface area contributed by atoms with Crippen LogP contribution in [0.4, 0.5) is 0 Å². The zero-order valence-electron chi connectivity index (χ0n) is 17.6. The first kappa shape index (κ1) is 23.2. The summed E-state index contributed by atoms with van der Waals surface area (Å²) in [6, 6.07) is 12.9. The fourth-order valence-corrected chi connectivity index (χ4v) is 5.15. The minimum absolute atomic E-state index is 0.00765. The van der Waals surface area contributed by atoms with Crippen LogP contribution >= 0.6 is 0 Å². The predicted molar refractivity (Wildman–Crippen MR) is 114 cm³/mol. The van der Waals surface area contributed by atoms with Gasteiger partial charge in [-0.05, 0) is 54.2 Å². The molecule has 2 atom stereocenters. The summed E-state index contributed by atoms with van der Waals surface area (Å²) < 4.78 is 32.9. The molecule has 9 heteroatoms. The number of benzene rings is 2. The van der Waals surface area contributed by atoms with Crippen molar-refractivity contribution in [2.24, 2.45) is 0 Å². The van der Waals surface area contributed by atoms with Gasteiger partial charge < -0.3 is 9.84 Å². The molecule has 3 N–H and O–H groups in total. The van der Waals surface area contributed by atoms with E-state index >= 15 is 0 Å². The second-order valence-corrected chi connectivity index (χ2v) is 9.83. The number of hydrogen-bond donors (Lipinski definition) is 3. The first-order chi connectivity index (χ1) is 14.7. The van der Waals surface area contributed by atoms with E-state index in [-0.39, 0.29) is 24.3 Å². The highest BCUT2D eigenvalue weighted by molar-refractivity contribution is 7.89. The van der Waals surface area contributed by atoms with Gasteiger partial charge in [-0.2, -0.15) is 4.31 Å². The van der Waals surface area contributed by atoms with Crippen molar-refractivity contribution in [2.45, 2.75) is 56.3 Å². The molecule has 8 nitrogen and oxygen atoms in total. The van der Waals surface area contributed by atoms with Gasteiger partial charge in [-0.1, -0.05) is 38.1 Å². The van der Waals surface area contributed by atoms with E-state index in [0.29, 0.717) is 18.3 Å². The van der Waals surface area contributed by atoms with Crippen LogP contribution in [0.5, 0.6) is 5.75 Å². The number of nitrogens with one attached hydrogen (secondary N) is 1. The van der Waals surface area contributed by atoms with E-state index in [2.05, 4.69) is 26.0 Å². The average molecular weight is 449 g/mol. The van der Waals surface area contributed by atoms with Gasteiger partial charge in [0.15, 0.2) is 0 Å². The fourth-order valence-electron chi connectivity index (χ4n) is 3.53. The smallest absolute Gasteiger partial charge is 0.261 e. The second kappa shape index (κ2) is 9.78. The van der Waals surface area contributed by atoms with Gasteiger partial charge in [-0.15, -0.1) is 0 Å². The van der Waals surface area contributed by atoms with Crippen LogP contribution < -0.4 is 10.2 Å². The Morgan fingerprint density at radius 1 is 1.16 bits per heavy atom. The highest BCUT2D eigenvalue weighted by atomic mass is 32.2. The maximum atomic E-state index is 13.0. The molecule has 0 radical (unpaired) electrons. The number of ether oxygens (including phenoxy) is 1. The molecule has 2 aromatic rings. The topological polar surface area (TPSA) is 116 Å². The number of aliphatic hydroxyl groups is 1. The molecule has 0 saturated carbocycles. The third kappa shape index (κ3) is 5.43. The second-order valence-electron chi connectivity index (χ2n) is 7.94. The van der Waals surface area contributed by atoms with Gasteiger partial charge in [0.25, 0.3) is 5.91 Å². The van der Waals surface area contributed by atoms with Crippen LogP contribution in [-0.4, -0.2) is 47.6 Å². The van der Waals surface area contributed by atoms with E-state index in [0.717, 1.165) is 9.87 Å². The summed E-state index contributed by atoms with van der Waals surface area (Å²) in [5.41, 5.74) is 3.74. The number of amides is 1. The van der Waals surface area contributed by atoms with Gasteiger partial charge in [-0.25, -0.2) is 13.9 Å². The number of carbonyl (C=O) groups is 1. The van der Waals surface area contributed by atoms with Crippen molar-refractivity contribution in [3.8, 4) is 5.75 Å². The molecule has 1 amide bonds. The number of hydrogen-bond acceptors (Lipinski definition) is 6. The summed E-state index contributed by atoms with van der Waals surface area (Å²) in [6.07, 6.45) is -0.674. The van der Waals surface area contributed by atoms with E-state index in [1.165, 1.54) is 23.2 Å². The number of carbonyl (C=O) groups excluding carboxylic acids is 1. The van der Waals surface area contributed by atoms with Gasteiger partial charge in [0.1, 0.15) is 18.4 Å². The molecule has 1 heterocycles. The Hall–Kier alpha value is -2.46. The van der Waals surface area contributed by atoms with E-state index < -0.39 is 28.1 Å². The van der Waals surface area contributed by atoms with Crippen LogP contribution in [0.25, 0.3) is 0 Å². The lowest BCUT2D eigenvalue weighted by molar-refractivity contribution is -0.135. The molecule has 168 valence electrons. The lowest BCUT2D eigenvalue weighted by Gasteiger charge is -2.35. The minimum atomic E-state index is -3.99. The van der Waals surface area contributed by atoms with E-state index in [9.17, 15) is 18.3 Å². The quantitative estimate of drug-likeness (QED) is 0.442. The number of aliphatic hydroxyl groups excluding tert-OH is 1. The first-order valence-electron chi connectivity index (χ1n) is 10.2. The number of piperidine rings is 1. The van der Waals surface area contributed by atoms with Gasteiger partial charge in [-0.3, -0.25) is 10.0 Å². The minimum Gasteiger partial charge on any atom is -0.489 e. The zero-order valence-corrected chi connectivity index (χ0v) is 18.4. The number of nitrogens with zero attached hydrogens (tertiary/aromatic N) is 1. The molecule has 0 aromatic heterocycles. The highest BCUT2D eigenvalue weighted by Crippen LogP contribution is 2.27. The molecule has 1 aliphatic rings. The van der Waals surface area contributed by atoms with E-state index in [4.69, 9.17) is 9.94 Å². The highest BCUT2D eigenvalue weighted by Gasteiger charge is 2.40. The molecule has 0 aliphatic carbocycles. The van der Waals surface area contributed by atoms with E-state index in [1.807, 2.05) is 12.1 Å². The Morgan fingerprint density at radius 2 is 1.81 bits per heavy atom. The van der Waals surface area contributed by atoms with Crippen molar-refractivity contribution in [3.05, 3.63) is 59.7 Å². The van der Waals surface area contributed by atoms with Crippen molar-refractivity contribution in [1.29, 1.82) is 0 Å². The van der Waals surface area contributed by atoms with Crippen molar-refractivity contribution >= 4 is 15.9 Å². The van der Waals surface area contributed by atoms with Gasteiger partial charge in [0, 0.05) is 6.54 Å². The lowest BCUT2D eigenvalue weighted by atomic mass is 10.0. The Morgan fingerprint density at radius 3 is 2.39 bits per heavy atom. The summed E-state index contributed by atoms with van der Waals surface area (Å²) >= 11 is 0. The molecule has 3 rings (SSSR count). The van der Waals surface area contributed by atoms with Crippen LogP contribution in [-0.2, 0) is 21.4 Å². The standard InChI is InChI=1S/C22H28N2O6S/c1-15(2)17-5-3-16(4-6-17)14-30-19-7-9-20(10-8-19)31(28,29)24-12-11-18(25)13-21(24)22(26)23-27/h3-10,15,18,21,25,27H,11-14H2,1-2H3,(H,23,26). The molecular formula is C22H28N2O6S. The molecule has 1 saturated heterocycles. The number of rotatable bonds is 7. The van der Waals surface area contributed by atoms with E-state index in [1.54, 1.807) is 12.1 Å². The normalized spacial score (nSPS) is 19.9. The summed E-state index contributed by atoms with van der Waals surface area (Å²) in [5.74, 6) is 0.104. The van der Waals surface area contributed by atoms with Crippen LogP contribution in [0, 0.1) is 0 Å². The summed E-state index contributed by atoms with van der Waals surface area (Å²) in [6.45, 7) is 4.59. The summed E-state index contributed by atoms with van der Waals surface area (Å²) in [7, 11) is -3.99. The third-order valence-corrected chi connectivity index (χ3v) is 7.34. The molecule has 0 spiro atoms. The number of hydroxylamine groups is 1. The summed E-state index contributed by atoms with van der Waals surface area (Å²) in [4.78, 5) is 11.9. The molecule has 31 heavy (non-hydrogen) atoms. The van der Waals surface area contributed by atoms with Crippen LogP contribution in [0.15, 0.2) is 53.4 Å². The van der Waals surface area contributed by atoms with Crippen LogP contribution in [0.2, 0.25) is 0 Å². The molecule has 1 fully saturated rings. The molecule has 0 bridgehead atoms. The van der Waals surface area contributed by atoms with Gasteiger partial charge in [0.2, 0.25) is 10.0 Å². The van der Waals surface area contributed by atoms with Crippen molar-refractivity contribution in [3.63, 3.8) is 0 Å². The maximum Gasteiger partial charge on any atom is 0.261 e. The Labute approximate surface area is 182 Å². The molecular weight excluding hydrogens is 420 g/mol. The Bertz CT molecular complexity index is 990. The van der Waals surface area contributed by atoms with Crippen molar-refractivity contribution < 1.29 is 28.3 Å². The monoisotopic (exact) mass is 448 g/mol. The maximum absolute atomic E-state index is 13.0. The third-order valence-electron chi connectivity index (χ3n) is 5.42. The average Bonchev–Trinajstić information content (AvgIpc) is 2.77. The van der Waals surface area contributed by atoms with Gasteiger partial charge in [0.05, 0.1) is 11.0 Å². The predicted octanol–water partition coefficient (Wildman–Crippen LogP) is 2.41. The van der Waals surface area contributed by atoms with Gasteiger partial charge >= 0.3 is 0 Å². The zero-order chi connectivity index (χ0) is 22.6. The molecule has 1 aliphatic heterocycles. The number of sulfonamides is 1. The van der Waals surface area contributed by atoms with Crippen LogP contribution in [0.1, 0.15) is 43.7 Å². The largest absolute Gasteiger partial charge is 0.489 e. The fraction of sp³-hybridized carbons (Fsp3) is 0.409. The lowest BCUT2D eigenvalue weighted by Crippen LogP contribution is -2.54. The van der Waals surface area contributed by atoms with Crippen LogP contribution in [0.3, 0.4) is 0 Å². The summed E-state index contributed by atoms with van der Waals surface area (Å²) in [5, 5.41) is 18.7. The Balaban J connectivity index is 1.70. The SMILES string of the molecule is CC(C)c1ccc(COc2ccc(S(=O)(=O)N3CCC(O)CC3C(=O)NO)cc2)cc1.